The molecule has 15 heavy (non-hydrogen) atoms. The highest BCUT2D eigenvalue weighted by atomic mass is 35.5. The van der Waals surface area contributed by atoms with Crippen molar-refractivity contribution in [1.82, 2.24) is 5.32 Å². The Balaban J connectivity index is 2.98. The molecule has 80 valence electrons. The van der Waals surface area contributed by atoms with E-state index in [9.17, 15) is 5.11 Å². The molecule has 0 radical (unpaired) electrons. The van der Waals surface area contributed by atoms with Crippen molar-refractivity contribution in [2.75, 3.05) is 6.54 Å². The zero-order valence-corrected chi connectivity index (χ0v) is 9.73. The molecule has 0 aliphatic carbocycles. The standard InChI is InChI=1S/C11H11Cl2NO/c1-3-4-14-7(2)9-5-8(12)6-10(13)11(9)15/h1,5-7,14-15H,4H2,2H3. The van der Waals surface area contributed by atoms with Crippen LogP contribution in [0, 0.1) is 12.3 Å². The lowest BCUT2D eigenvalue weighted by Crippen LogP contribution is -2.18. The second-order valence-electron chi connectivity index (χ2n) is 3.13. The van der Waals surface area contributed by atoms with Gasteiger partial charge >= 0.3 is 0 Å². The summed E-state index contributed by atoms with van der Waals surface area (Å²) < 4.78 is 0. The molecule has 0 amide bonds. The van der Waals surface area contributed by atoms with Gasteiger partial charge in [-0.25, -0.2) is 0 Å². The third-order valence-corrected chi connectivity index (χ3v) is 2.54. The largest absolute Gasteiger partial charge is 0.506 e. The second kappa shape index (κ2) is 5.27. The molecule has 4 heteroatoms. The minimum atomic E-state index is -0.0998. The molecule has 1 unspecified atom stereocenters. The number of terminal acetylenes is 1. The maximum absolute atomic E-state index is 9.71. The van der Waals surface area contributed by atoms with E-state index >= 15 is 0 Å². The zero-order chi connectivity index (χ0) is 11.4. The van der Waals surface area contributed by atoms with E-state index < -0.39 is 0 Å². The molecule has 0 fully saturated rings. The molecule has 1 aromatic rings. The van der Waals surface area contributed by atoms with Crippen molar-refractivity contribution in [2.45, 2.75) is 13.0 Å². The molecule has 0 heterocycles. The van der Waals surface area contributed by atoms with Crippen LogP contribution in [0.4, 0.5) is 0 Å². The number of phenols is 1. The van der Waals surface area contributed by atoms with Gasteiger partial charge in [0.15, 0.2) is 0 Å². The van der Waals surface area contributed by atoms with Gasteiger partial charge in [-0.2, -0.15) is 0 Å². The van der Waals surface area contributed by atoms with E-state index in [0.29, 0.717) is 17.1 Å². The van der Waals surface area contributed by atoms with Crippen molar-refractivity contribution in [3.05, 3.63) is 27.7 Å². The SMILES string of the molecule is C#CCNC(C)c1cc(Cl)cc(Cl)c1O. The summed E-state index contributed by atoms with van der Waals surface area (Å²) >= 11 is 11.6. The molecule has 1 atom stereocenters. The van der Waals surface area contributed by atoms with Gasteiger partial charge in [-0.15, -0.1) is 6.42 Å². The minimum absolute atomic E-state index is 0.0399. The second-order valence-corrected chi connectivity index (χ2v) is 3.98. The number of halogens is 2. The maximum Gasteiger partial charge on any atom is 0.139 e. The van der Waals surface area contributed by atoms with Gasteiger partial charge in [0.2, 0.25) is 0 Å². The summed E-state index contributed by atoms with van der Waals surface area (Å²) in [7, 11) is 0. The van der Waals surface area contributed by atoms with Gasteiger partial charge in [0.05, 0.1) is 11.6 Å². The number of rotatable bonds is 3. The fourth-order valence-corrected chi connectivity index (χ4v) is 1.75. The highest BCUT2D eigenvalue weighted by Crippen LogP contribution is 2.34. The Labute approximate surface area is 99.2 Å². The van der Waals surface area contributed by atoms with E-state index in [1.165, 1.54) is 6.07 Å². The average molecular weight is 244 g/mol. The Morgan fingerprint density at radius 2 is 2.20 bits per heavy atom. The van der Waals surface area contributed by atoms with E-state index in [1.54, 1.807) is 6.07 Å². The van der Waals surface area contributed by atoms with Crippen LogP contribution in [0.25, 0.3) is 0 Å². The van der Waals surface area contributed by atoms with Gasteiger partial charge < -0.3 is 5.11 Å². The first-order valence-electron chi connectivity index (χ1n) is 4.41. The van der Waals surface area contributed by atoms with Gasteiger partial charge in [-0.05, 0) is 19.1 Å². The Morgan fingerprint density at radius 1 is 1.53 bits per heavy atom. The van der Waals surface area contributed by atoms with Crippen molar-refractivity contribution >= 4 is 23.2 Å². The number of benzene rings is 1. The van der Waals surface area contributed by atoms with Crippen LogP contribution in [0.5, 0.6) is 5.75 Å². The molecule has 0 spiro atoms. The van der Waals surface area contributed by atoms with Gasteiger partial charge in [-0.3, -0.25) is 5.32 Å². The van der Waals surface area contributed by atoms with Crippen LogP contribution in [0.3, 0.4) is 0 Å². The van der Waals surface area contributed by atoms with Crippen LogP contribution in [0.15, 0.2) is 12.1 Å². The fourth-order valence-electron chi connectivity index (χ4n) is 1.24. The lowest BCUT2D eigenvalue weighted by molar-refractivity contribution is 0.456. The maximum atomic E-state index is 9.71. The summed E-state index contributed by atoms with van der Waals surface area (Å²) in [6, 6.07) is 3.06. The van der Waals surface area contributed by atoms with E-state index in [-0.39, 0.29) is 16.8 Å². The highest BCUT2D eigenvalue weighted by Gasteiger charge is 2.13. The first-order valence-corrected chi connectivity index (χ1v) is 5.16. The number of aromatic hydroxyl groups is 1. The summed E-state index contributed by atoms with van der Waals surface area (Å²) in [5.41, 5.74) is 0.641. The van der Waals surface area contributed by atoms with Crippen molar-refractivity contribution in [3.8, 4) is 18.1 Å². The van der Waals surface area contributed by atoms with E-state index in [1.807, 2.05) is 6.92 Å². The van der Waals surface area contributed by atoms with Crippen molar-refractivity contribution in [2.24, 2.45) is 0 Å². The van der Waals surface area contributed by atoms with Gasteiger partial charge in [0.1, 0.15) is 5.75 Å². The van der Waals surface area contributed by atoms with Crippen LogP contribution in [0.1, 0.15) is 18.5 Å². The van der Waals surface area contributed by atoms with Crippen LogP contribution < -0.4 is 5.32 Å². The number of hydrogen-bond acceptors (Lipinski definition) is 2. The molecule has 0 saturated heterocycles. The number of nitrogens with one attached hydrogen (secondary N) is 1. The van der Waals surface area contributed by atoms with Crippen LogP contribution in [0.2, 0.25) is 10.0 Å². The average Bonchev–Trinajstić information content (AvgIpc) is 2.19. The topological polar surface area (TPSA) is 32.3 Å². The molecule has 1 aromatic carbocycles. The number of hydrogen-bond donors (Lipinski definition) is 2. The van der Waals surface area contributed by atoms with Gasteiger partial charge in [0.25, 0.3) is 0 Å². The van der Waals surface area contributed by atoms with E-state index in [4.69, 9.17) is 29.6 Å². The Kier molecular flexibility index (Phi) is 4.28. The van der Waals surface area contributed by atoms with Crippen LogP contribution in [-0.4, -0.2) is 11.7 Å². The molecule has 1 rings (SSSR count). The first-order chi connectivity index (χ1) is 7.06. The van der Waals surface area contributed by atoms with Gasteiger partial charge in [0, 0.05) is 16.6 Å². The Hall–Kier alpha value is -0.880. The summed E-state index contributed by atoms with van der Waals surface area (Å²) in [6.45, 7) is 2.30. The van der Waals surface area contributed by atoms with E-state index in [0.717, 1.165) is 0 Å². The van der Waals surface area contributed by atoms with Crippen LogP contribution in [-0.2, 0) is 0 Å². The van der Waals surface area contributed by atoms with Crippen molar-refractivity contribution in [1.29, 1.82) is 0 Å². The molecular formula is C11H11Cl2NO. The predicted molar refractivity (Wildman–Crippen MR) is 63.4 cm³/mol. The third-order valence-electron chi connectivity index (χ3n) is 2.03. The summed E-state index contributed by atoms with van der Waals surface area (Å²) in [5.74, 6) is 2.50. The molecule has 0 aliphatic rings. The summed E-state index contributed by atoms with van der Waals surface area (Å²) in [4.78, 5) is 0. The summed E-state index contributed by atoms with van der Waals surface area (Å²) in [6.07, 6.45) is 5.13. The minimum Gasteiger partial charge on any atom is -0.506 e. The van der Waals surface area contributed by atoms with Crippen molar-refractivity contribution < 1.29 is 5.11 Å². The molecule has 0 aliphatic heterocycles. The smallest absolute Gasteiger partial charge is 0.139 e. The van der Waals surface area contributed by atoms with Crippen molar-refractivity contribution in [3.63, 3.8) is 0 Å². The van der Waals surface area contributed by atoms with E-state index in [2.05, 4.69) is 11.2 Å². The number of phenolic OH excluding ortho intramolecular Hbond substituents is 1. The third kappa shape index (κ3) is 3.04. The molecule has 0 saturated carbocycles. The molecule has 0 bridgehead atoms. The molecular weight excluding hydrogens is 233 g/mol. The fraction of sp³-hybridized carbons (Fsp3) is 0.273. The Bertz CT molecular complexity index is 398. The summed E-state index contributed by atoms with van der Waals surface area (Å²) in [5, 5.41) is 13.5. The highest BCUT2D eigenvalue weighted by molar-refractivity contribution is 6.35. The quantitative estimate of drug-likeness (QED) is 0.801. The first kappa shape index (κ1) is 12.2. The zero-order valence-electron chi connectivity index (χ0n) is 8.22. The van der Waals surface area contributed by atoms with Gasteiger partial charge in [-0.1, -0.05) is 29.1 Å². The van der Waals surface area contributed by atoms with Crippen LogP contribution >= 0.6 is 23.2 Å². The monoisotopic (exact) mass is 243 g/mol. The molecule has 0 aromatic heterocycles. The molecule has 2 nitrogen and oxygen atoms in total. The lowest BCUT2D eigenvalue weighted by atomic mass is 10.1. The normalized spacial score (nSPS) is 12.1. The lowest BCUT2D eigenvalue weighted by Gasteiger charge is -2.15. The molecule has 2 N–H and O–H groups in total. The Morgan fingerprint density at radius 3 is 2.80 bits per heavy atom. The predicted octanol–water partition coefficient (Wildman–Crippen LogP) is 2.98.